The van der Waals surface area contributed by atoms with E-state index >= 15 is 0 Å². The molecule has 108 valence electrons. The average Bonchev–Trinajstić information content (AvgIpc) is 2.26. The zero-order valence-electron chi connectivity index (χ0n) is 12.3. The van der Waals surface area contributed by atoms with Crippen LogP contribution in [0.2, 0.25) is 0 Å². The molecule has 1 aliphatic rings. The Labute approximate surface area is 112 Å². The lowest BCUT2D eigenvalue weighted by molar-refractivity contribution is 0.110. The van der Waals surface area contributed by atoms with Crippen molar-refractivity contribution in [1.29, 1.82) is 0 Å². The SMILES string of the molecule is CCS(=O)(=O)CCC(C)(C)C1CCC(C)CC1N. The van der Waals surface area contributed by atoms with Crippen molar-refractivity contribution in [3.05, 3.63) is 0 Å². The average molecular weight is 275 g/mol. The van der Waals surface area contributed by atoms with Crippen LogP contribution in [-0.4, -0.2) is 26.0 Å². The molecule has 4 heteroatoms. The Kier molecular flexibility index (Phi) is 5.24. The summed E-state index contributed by atoms with van der Waals surface area (Å²) in [6.45, 7) is 8.33. The van der Waals surface area contributed by atoms with Crippen molar-refractivity contribution >= 4 is 9.84 Å². The van der Waals surface area contributed by atoms with Gasteiger partial charge in [0, 0.05) is 11.8 Å². The molecule has 1 rings (SSSR count). The molecule has 0 aromatic carbocycles. The van der Waals surface area contributed by atoms with Crippen LogP contribution in [0.1, 0.15) is 53.4 Å². The first-order valence-electron chi connectivity index (χ1n) is 7.14. The second kappa shape index (κ2) is 5.91. The number of sulfone groups is 1. The largest absolute Gasteiger partial charge is 0.327 e. The highest BCUT2D eigenvalue weighted by Crippen LogP contribution is 2.41. The Bertz CT molecular complexity index is 362. The second-order valence-corrected chi connectivity index (χ2v) is 9.14. The molecular formula is C14H29NO2S. The topological polar surface area (TPSA) is 60.2 Å². The molecule has 0 amide bonds. The van der Waals surface area contributed by atoms with Gasteiger partial charge in [-0.15, -0.1) is 0 Å². The van der Waals surface area contributed by atoms with Crippen molar-refractivity contribution in [2.75, 3.05) is 11.5 Å². The third-order valence-electron chi connectivity index (χ3n) is 4.66. The minimum absolute atomic E-state index is 0.0296. The van der Waals surface area contributed by atoms with E-state index in [1.165, 1.54) is 6.42 Å². The smallest absolute Gasteiger partial charge is 0.150 e. The predicted molar refractivity (Wildman–Crippen MR) is 77.2 cm³/mol. The van der Waals surface area contributed by atoms with Crippen molar-refractivity contribution in [3.8, 4) is 0 Å². The fourth-order valence-corrected chi connectivity index (χ4v) is 4.27. The molecule has 3 unspecified atom stereocenters. The van der Waals surface area contributed by atoms with Crippen LogP contribution in [-0.2, 0) is 9.84 Å². The third kappa shape index (κ3) is 4.23. The molecule has 3 nitrogen and oxygen atoms in total. The number of nitrogens with two attached hydrogens (primary N) is 1. The van der Waals surface area contributed by atoms with E-state index in [9.17, 15) is 8.42 Å². The molecule has 18 heavy (non-hydrogen) atoms. The van der Waals surface area contributed by atoms with Gasteiger partial charge in [0.25, 0.3) is 0 Å². The first kappa shape index (κ1) is 16.0. The van der Waals surface area contributed by atoms with Gasteiger partial charge in [0.2, 0.25) is 0 Å². The molecule has 3 atom stereocenters. The lowest BCUT2D eigenvalue weighted by Crippen LogP contribution is -2.44. The summed E-state index contributed by atoms with van der Waals surface area (Å²) in [4.78, 5) is 0. The maximum absolute atomic E-state index is 11.6. The summed E-state index contributed by atoms with van der Waals surface area (Å²) in [5, 5.41) is 0. The minimum atomic E-state index is -2.86. The highest BCUT2D eigenvalue weighted by atomic mass is 32.2. The van der Waals surface area contributed by atoms with Gasteiger partial charge in [-0.2, -0.15) is 0 Å². The maximum atomic E-state index is 11.6. The molecular weight excluding hydrogens is 246 g/mol. The highest BCUT2D eigenvalue weighted by molar-refractivity contribution is 7.91. The number of rotatable bonds is 5. The fraction of sp³-hybridized carbons (Fsp3) is 1.00. The van der Waals surface area contributed by atoms with Gasteiger partial charge in [-0.25, -0.2) is 8.42 Å². The third-order valence-corrected chi connectivity index (χ3v) is 6.37. The van der Waals surface area contributed by atoms with Crippen LogP contribution in [0.3, 0.4) is 0 Å². The van der Waals surface area contributed by atoms with Crippen LogP contribution >= 0.6 is 0 Å². The van der Waals surface area contributed by atoms with E-state index in [-0.39, 0.29) is 17.2 Å². The Morgan fingerprint density at radius 2 is 1.89 bits per heavy atom. The van der Waals surface area contributed by atoms with Gasteiger partial charge in [0.1, 0.15) is 9.84 Å². The van der Waals surface area contributed by atoms with Gasteiger partial charge in [0.15, 0.2) is 0 Å². The molecule has 1 aliphatic carbocycles. The zero-order chi connectivity index (χ0) is 14.0. The van der Waals surface area contributed by atoms with Gasteiger partial charge >= 0.3 is 0 Å². The lowest BCUT2D eigenvalue weighted by atomic mass is 9.65. The Morgan fingerprint density at radius 3 is 2.39 bits per heavy atom. The van der Waals surface area contributed by atoms with Crippen LogP contribution in [0.4, 0.5) is 0 Å². The predicted octanol–water partition coefficient (Wildman–Crippen LogP) is 2.60. The fourth-order valence-electron chi connectivity index (χ4n) is 3.14. The molecule has 0 aromatic rings. The van der Waals surface area contributed by atoms with Gasteiger partial charge in [-0.3, -0.25) is 0 Å². The number of hydrogen-bond donors (Lipinski definition) is 1. The van der Waals surface area contributed by atoms with Crippen LogP contribution in [0.25, 0.3) is 0 Å². The maximum Gasteiger partial charge on any atom is 0.150 e. The quantitative estimate of drug-likeness (QED) is 0.839. The van der Waals surface area contributed by atoms with Crippen LogP contribution in [0.15, 0.2) is 0 Å². The summed E-state index contributed by atoms with van der Waals surface area (Å²) in [6, 6.07) is 0.230. The Morgan fingerprint density at radius 1 is 1.28 bits per heavy atom. The van der Waals surface area contributed by atoms with E-state index in [1.54, 1.807) is 6.92 Å². The summed E-state index contributed by atoms with van der Waals surface area (Å²) in [6.07, 6.45) is 4.17. The van der Waals surface area contributed by atoms with Crippen molar-refractivity contribution in [2.24, 2.45) is 23.0 Å². The second-order valence-electron chi connectivity index (χ2n) is 6.66. The molecule has 0 heterocycles. The molecule has 0 radical (unpaired) electrons. The van der Waals surface area contributed by atoms with Crippen molar-refractivity contribution in [1.82, 2.24) is 0 Å². The van der Waals surface area contributed by atoms with Gasteiger partial charge in [-0.1, -0.05) is 34.1 Å². The van der Waals surface area contributed by atoms with Crippen molar-refractivity contribution < 1.29 is 8.42 Å². The van der Waals surface area contributed by atoms with Crippen LogP contribution in [0.5, 0.6) is 0 Å². The van der Waals surface area contributed by atoms with E-state index < -0.39 is 9.84 Å². The van der Waals surface area contributed by atoms with E-state index in [2.05, 4.69) is 20.8 Å². The van der Waals surface area contributed by atoms with E-state index in [0.29, 0.717) is 17.6 Å². The molecule has 0 aromatic heterocycles. The summed E-state index contributed by atoms with van der Waals surface area (Å²) < 4.78 is 23.3. The van der Waals surface area contributed by atoms with Crippen molar-refractivity contribution in [3.63, 3.8) is 0 Å². The normalized spacial score (nSPS) is 30.4. The first-order chi connectivity index (χ1) is 8.18. The van der Waals surface area contributed by atoms with Crippen LogP contribution in [0, 0.1) is 17.3 Å². The van der Waals surface area contributed by atoms with E-state index in [0.717, 1.165) is 19.3 Å². The first-order valence-corrected chi connectivity index (χ1v) is 8.96. The summed E-state index contributed by atoms with van der Waals surface area (Å²) in [5.74, 6) is 1.72. The molecule has 0 bridgehead atoms. The van der Waals surface area contributed by atoms with Gasteiger partial charge < -0.3 is 5.73 Å². The van der Waals surface area contributed by atoms with E-state index in [4.69, 9.17) is 5.73 Å². The minimum Gasteiger partial charge on any atom is -0.327 e. The molecule has 0 spiro atoms. The standard InChI is InChI=1S/C14H29NO2S/c1-5-18(16,17)9-8-14(3,4)12-7-6-11(2)10-13(12)15/h11-13H,5-10,15H2,1-4H3. The Hall–Kier alpha value is -0.0900. The Balaban J connectivity index is 2.63. The molecule has 0 saturated heterocycles. The van der Waals surface area contributed by atoms with Crippen LogP contribution < -0.4 is 5.73 Å². The summed E-state index contributed by atoms with van der Waals surface area (Å²) in [5.41, 5.74) is 6.31. The van der Waals surface area contributed by atoms with Crippen molar-refractivity contribution in [2.45, 2.75) is 59.4 Å². The summed E-state index contributed by atoms with van der Waals surface area (Å²) in [7, 11) is -2.86. The van der Waals surface area contributed by atoms with Gasteiger partial charge in [-0.05, 0) is 36.5 Å². The molecule has 0 aliphatic heterocycles. The zero-order valence-corrected chi connectivity index (χ0v) is 13.1. The summed E-state index contributed by atoms with van der Waals surface area (Å²) >= 11 is 0. The highest BCUT2D eigenvalue weighted by Gasteiger charge is 2.37. The van der Waals surface area contributed by atoms with Gasteiger partial charge in [0.05, 0.1) is 5.75 Å². The van der Waals surface area contributed by atoms with E-state index in [1.807, 2.05) is 0 Å². The molecule has 1 saturated carbocycles. The monoisotopic (exact) mass is 275 g/mol. The number of hydrogen-bond acceptors (Lipinski definition) is 3. The lowest BCUT2D eigenvalue weighted by Gasteiger charge is -2.43. The molecule has 1 fully saturated rings. The molecule has 2 N–H and O–H groups in total.